The van der Waals surface area contributed by atoms with Crippen LogP contribution in [0.1, 0.15) is 19.7 Å². The monoisotopic (exact) mass is 271 g/mol. The molecule has 0 radical (unpaired) electrons. The maximum absolute atomic E-state index is 5.79. The van der Waals surface area contributed by atoms with Crippen molar-refractivity contribution >= 4 is 5.52 Å². The van der Waals surface area contributed by atoms with E-state index >= 15 is 0 Å². The largest absolute Gasteiger partial charge is 0.441 e. The zero-order valence-corrected chi connectivity index (χ0v) is 11.6. The van der Waals surface area contributed by atoms with E-state index in [9.17, 15) is 0 Å². The summed E-state index contributed by atoms with van der Waals surface area (Å²) in [5.41, 5.74) is 1.82. The first kappa shape index (κ1) is 12.8. The minimum absolute atomic E-state index is 0.468. The number of oxazole rings is 1. The third kappa shape index (κ3) is 2.55. The van der Waals surface area contributed by atoms with Gasteiger partial charge in [-0.2, -0.15) is 5.10 Å². The fourth-order valence-corrected chi connectivity index (χ4v) is 2.04. The molecule has 0 saturated heterocycles. The summed E-state index contributed by atoms with van der Waals surface area (Å²) in [5.74, 6) is 1.46. The van der Waals surface area contributed by atoms with Crippen LogP contribution in [0.5, 0.6) is 0 Å². The molecule has 0 aliphatic carbocycles. The molecule has 0 aliphatic rings. The Morgan fingerprint density at radius 3 is 3.05 bits per heavy atom. The second-order valence-corrected chi connectivity index (χ2v) is 4.94. The highest BCUT2D eigenvalue weighted by Gasteiger charge is 2.11. The average molecular weight is 271 g/mol. The molecule has 104 valence electrons. The third-order valence-corrected chi connectivity index (χ3v) is 3.04. The van der Waals surface area contributed by atoms with Gasteiger partial charge >= 0.3 is 0 Å². The van der Waals surface area contributed by atoms with Crippen molar-refractivity contribution in [3.63, 3.8) is 0 Å². The number of aromatic nitrogens is 4. The minimum Gasteiger partial charge on any atom is -0.441 e. The van der Waals surface area contributed by atoms with Crippen molar-refractivity contribution < 1.29 is 4.42 Å². The fourth-order valence-electron chi connectivity index (χ4n) is 2.04. The summed E-state index contributed by atoms with van der Waals surface area (Å²) < 4.78 is 7.55. The summed E-state index contributed by atoms with van der Waals surface area (Å²) in [6.45, 7) is 5.09. The van der Waals surface area contributed by atoms with E-state index in [0.29, 0.717) is 6.04 Å². The second kappa shape index (κ2) is 5.42. The van der Waals surface area contributed by atoms with Gasteiger partial charge in [-0.25, -0.2) is 9.50 Å². The second-order valence-electron chi connectivity index (χ2n) is 4.94. The third-order valence-electron chi connectivity index (χ3n) is 3.04. The Bertz CT molecular complexity index is 700. The Morgan fingerprint density at radius 1 is 1.30 bits per heavy atom. The van der Waals surface area contributed by atoms with E-state index in [0.717, 1.165) is 35.7 Å². The maximum atomic E-state index is 5.79. The SMILES string of the molecule is CC(C)NCCc1ncc(-c2cnn3ccncc23)o1. The molecule has 0 unspecified atom stereocenters. The Kier molecular flexibility index (Phi) is 3.47. The molecular weight excluding hydrogens is 254 g/mol. The van der Waals surface area contributed by atoms with Crippen LogP contribution in [-0.4, -0.2) is 32.2 Å². The van der Waals surface area contributed by atoms with Crippen LogP contribution in [0.25, 0.3) is 16.8 Å². The first-order valence-electron chi connectivity index (χ1n) is 6.70. The summed E-state index contributed by atoms with van der Waals surface area (Å²) in [7, 11) is 0. The first-order valence-corrected chi connectivity index (χ1v) is 6.70. The molecule has 6 heteroatoms. The molecule has 0 atom stereocenters. The highest BCUT2D eigenvalue weighted by molar-refractivity contribution is 5.75. The topological polar surface area (TPSA) is 68.2 Å². The van der Waals surface area contributed by atoms with Crippen molar-refractivity contribution in [2.75, 3.05) is 6.54 Å². The van der Waals surface area contributed by atoms with Crippen LogP contribution < -0.4 is 5.32 Å². The molecule has 0 aliphatic heterocycles. The van der Waals surface area contributed by atoms with Gasteiger partial charge in [0.25, 0.3) is 0 Å². The van der Waals surface area contributed by atoms with Crippen molar-refractivity contribution in [3.05, 3.63) is 36.9 Å². The molecule has 0 fully saturated rings. The molecule has 3 heterocycles. The van der Waals surface area contributed by atoms with Crippen LogP contribution in [0.3, 0.4) is 0 Å². The van der Waals surface area contributed by atoms with E-state index in [1.54, 1.807) is 29.3 Å². The predicted octanol–water partition coefficient (Wildman–Crippen LogP) is 1.92. The average Bonchev–Trinajstić information content (AvgIpc) is 3.04. The first-order chi connectivity index (χ1) is 9.74. The maximum Gasteiger partial charge on any atom is 0.196 e. The highest BCUT2D eigenvalue weighted by atomic mass is 16.4. The van der Waals surface area contributed by atoms with Gasteiger partial charge in [-0.15, -0.1) is 0 Å². The zero-order valence-electron chi connectivity index (χ0n) is 11.6. The number of nitrogens with one attached hydrogen (secondary N) is 1. The van der Waals surface area contributed by atoms with Crippen LogP contribution in [-0.2, 0) is 6.42 Å². The van der Waals surface area contributed by atoms with Gasteiger partial charge in [0.05, 0.1) is 29.7 Å². The van der Waals surface area contributed by atoms with E-state index in [-0.39, 0.29) is 0 Å². The summed E-state index contributed by atoms with van der Waals surface area (Å²) in [6, 6.07) is 0.468. The van der Waals surface area contributed by atoms with Gasteiger partial charge in [0.15, 0.2) is 11.7 Å². The van der Waals surface area contributed by atoms with Crippen LogP contribution >= 0.6 is 0 Å². The van der Waals surface area contributed by atoms with Crippen molar-refractivity contribution in [1.82, 2.24) is 24.9 Å². The van der Waals surface area contributed by atoms with Gasteiger partial charge in [-0.05, 0) is 0 Å². The lowest BCUT2D eigenvalue weighted by Crippen LogP contribution is -2.24. The van der Waals surface area contributed by atoms with Crippen LogP contribution in [0.2, 0.25) is 0 Å². The van der Waals surface area contributed by atoms with E-state index in [2.05, 4.69) is 34.2 Å². The summed E-state index contributed by atoms with van der Waals surface area (Å²) >= 11 is 0. The number of hydrogen-bond donors (Lipinski definition) is 1. The summed E-state index contributed by atoms with van der Waals surface area (Å²) in [6.07, 6.45) is 9.57. The Hall–Kier alpha value is -2.21. The van der Waals surface area contributed by atoms with Gasteiger partial charge in [-0.3, -0.25) is 4.98 Å². The summed E-state index contributed by atoms with van der Waals surface area (Å²) in [5, 5.41) is 7.61. The Balaban J connectivity index is 1.79. The molecule has 1 N–H and O–H groups in total. The van der Waals surface area contributed by atoms with Crippen LogP contribution in [0.15, 0.2) is 35.4 Å². The smallest absolute Gasteiger partial charge is 0.196 e. The van der Waals surface area contributed by atoms with Gasteiger partial charge < -0.3 is 9.73 Å². The lowest BCUT2D eigenvalue weighted by atomic mass is 10.2. The molecule has 0 saturated carbocycles. The van der Waals surface area contributed by atoms with Gasteiger partial charge in [0, 0.05) is 31.4 Å². The van der Waals surface area contributed by atoms with E-state index in [1.807, 2.05) is 6.20 Å². The number of hydrogen-bond acceptors (Lipinski definition) is 5. The Labute approximate surface area is 116 Å². The number of nitrogens with zero attached hydrogens (tertiary/aromatic N) is 4. The Morgan fingerprint density at radius 2 is 2.20 bits per heavy atom. The summed E-state index contributed by atoms with van der Waals surface area (Å²) in [4.78, 5) is 8.43. The van der Waals surface area contributed by atoms with Gasteiger partial charge in [-0.1, -0.05) is 13.8 Å². The standard InChI is InChI=1S/C14H17N5O/c1-10(2)16-4-3-14-17-9-13(20-14)11-7-18-19-6-5-15-8-12(11)19/h5-10,16H,3-4H2,1-2H3. The predicted molar refractivity (Wildman–Crippen MR) is 75.3 cm³/mol. The quantitative estimate of drug-likeness (QED) is 0.768. The molecule has 3 rings (SSSR count). The van der Waals surface area contributed by atoms with Crippen molar-refractivity contribution in [2.45, 2.75) is 26.3 Å². The fraction of sp³-hybridized carbons (Fsp3) is 0.357. The van der Waals surface area contributed by atoms with E-state index in [1.165, 1.54) is 0 Å². The van der Waals surface area contributed by atoms with Crippen molar-refractivity contribution in [2.24, 2.45) is 0 Å². The van der Waals surface area contributed by atoms with Crippen LogP contribution in [0, 0.1) is 0 Å². The van der Waals surface area contributed by atoms with Crippen molar-refractivity contribution in [1.29, 1.82) is 0 Å². The van der Waals surface area contributed by atoms with Gasteiger partial charge in [0.1, 0.15) is 0 Å². The van der Waals surface area contributed by atoms with E-state index in [4.69, 9.17) is 4.42 Å². The van der Waals surface area contributed by atoms with Crippen LogP contribution in [0.4, 0.5) is 0 Å². The zero-order chi connectivity index (χ0) is 13.9. The highest BCUT2D eigenvalue weighted by Crippen LogP contribution is 2.24. The molecule has 3 aromatic heterocycles. The van der Waals surface area contributed by atoms with Crippen molar-refractivity contribution in [3.8, 4) is 11.3 Å². The number of fused-ring (bicyclic) bond motifs is 1. The van der Waals surface area contributed by atoms with E-state index < -0.39 is 0 Å². The molecule has 0 bridgehead atoms. The molecule has 0 aromatic carbocycles. The molecule has 3 aromatic rings. The molecular formula is C14H17N5O. The molecule has 20 heavy (non-hydrogen) atoms. The minimum atomic E-state index is 0.468. The molecule has 0 amide bonds. The lowest BCUT2D eigenvalue weighted by Gasteiger charge is -2.05. The number of rotatable bonds is 5. The lowest BCUT2D eigenvalue weighted by molar-refractivity contribution is 0.485. The molecule has 6 nitrogen and oxygen atoms in total. The van der Waals surface area contributed by atoms with Gasteiger partial charge in [0.2, 0.25) is 0 Å². The molecule has 0 spiro atoms. The normalized spacial score (nSPS) is 11.6.